The van der Waals surface area contributed by atoms with Gasteiger partial charge in [-0.3, -0.25) is 0 Å². The van der Waals surface area contributed by atoms with Crippen LogP contribution in [-0.4, -0.2) is 21.0 Å². The fourth-order valence-electron chi connectivity index (χ4n) is 3.84. The number of fused-ring (bicyclic) bond motifs is 1. The molecule has 1 fully saturated rings. The van der Waals surface area contributed by atoms with Crippen LogP contribution in [0.15, 0.2) is 36.4 Å². The van der Waals surface area contributed by atoms with E-state index in [1.807, 2.05) is 24.3 Å². The lowest BCUT2D eigenvalue weighted by atomic mass is 9.85. The number of hydrogen-bond donors (Lipinski definition) is 0. The van der Waals surface area contributed by atoms with Gasteiger partial charge in [-0.25, -0.2) is 0 Å². The van der Waals surface area contributed by atoms with Crippen LogP contribution in [0.2, 0.25) is 0 Å². The molecular formula is C21H24O5. The first kappa shape index (κ1) is 17.0. The van der Waals surface area contributed by atoms with Crippen molar-refractivity contribution in [1.29, 1.82) is 0 Å². The van der Waals surface area contributed by atoms with Crippen LogP contribution in [-0.2, 0) is 4.74 Å². The van der Waals surface area contributed by atoms with E-state index in [1.54, 1.807) is 14.2 Å². The molecule has 0 aliphatic carbocycles. The molecule has 4 rings (SSSR count). The first-order valence-electron chi connectivity index (χ1n) is 8.89. The van der Waals surface area contributed by atoms with Gasteiger partial charge in [-0.1, -0.05) is 26.0 Å². The van der Waals surface area contributed by atoms with Crippen molar-refractivity contribution < 1.29 is 23.7 Å². The highest BCUT2D eigenvalue weighted by Gasteiger charge is 2.41. The quantitative estimate of drug-likeness (QED) is 0.806. The average Bonchev–Trinajstić information content (AvgIpc) is 3.25. The van der Waals surface area contributed by atoms with Crippen molar-refractivity contribution in [2.45, 2.75) is 26.1 Å². The lowest BCUT2D eigenvalue weighted by Crippen LogP contribution is -2.10. The number of benzene rings is 2. The molecule has 4 atom stereocenters. The summed E-state index contributed by atoms with van der Waals surface area (Å²) in [6.07, 6.45) is 0.0119. The number of rotatable bonds is 4. The molecule has 1 saturated heterocycles. The van der Waals surface area contributed by atoms with Gasteiger partial charge in [0.1, 0.15) is 0 Å². The maximum atomic E-state index is 6.50. The zero-order chi connectivity index (χ0) is 18.3. The molecule has 2 aliphatic rings. The second-order valence-corrected chi connectivity index (χ2v) is 6.92. The number of hydrogen-bond acceptors (Lipinski definition) is 5. The fraction of sp³-hybridized carbons (Fsp3) is 0.429. The van der Waals surface area contributed by atoms with Crippen LogP contribution in [0.25, 0.3) is 0 Å². The van der Waals surface area contributed by atoms with E-state index in [0.717, 1.165) is 34.1 Å². The molecule has 2 aliphatic heterocycles. The summed E-state index contributed by atoms with van der Waals surface area (Å²) in [7, 11) is 3.29. The summed E-state index contributed by atoms with van der Waals surface area (Å²) in [4.78, 5) is 0. The van der Waals surface area contributed by atoms with Gasteiger partial charge in [0.25, 0.3) is 0 Å². The maximum absolute atomic E-state index is 6.50. The predicted molar refractivity (Wildman–Crippen MR) is 97.0 cm³/mol. The third kappa shape index (κ3) is 2.76. The first-order chi connectivity index (χ1) is 12.6. The van der Waals surface area contributed by atoms with Crippen molar-refractivity contribution in [3.63, 3.8) is 0 Å². The van der Waals surface area contributed by atoms with Crippen LogP contribution >= 0.6 is 0 Å². The average molecular weight is 356 g/mol. The van der Waals surface area contributed by atoms with Gasteiger partial charge in [-0.2, -0.15) is 0 Å². The molecule has 5 heteroatoms. The van der Waals surface area contributed by atoms with Crippen molar-refractivity contribution in [2.75, 3.05) is 21.0 Å². The summed E-state index contributed by atoms with van der Waals surface area (Å²) in [5, 5.41) is 0. The van der Waals surface area contributed by atoms with Gasteiger partial charge in [-0.05, 0) is 47.2 Å². The second-order valence-electron chi connectivity index (χ2n) is 6.92. The van der Waals surface area contributed by atoms with Gasteiger partial charge in [0.05, 0.1) is 26.4 Å². The molecule has 0 spiro atoms. The molecular weight excluding hydrogens is 332 g/mol. The largest absolute Gasteiger partial charge is 0.493 e. The van der Waals surface area contributed by atoms with E-state index in [1.165, 1.54) is 0 Å². The third-order valence-corrected chi connectivity index (χ3v) is 5.54. The second kappa shape index (κ2) is 6.72. The van der Waals surface area contributed by atoms with Crippen LogP contribution in [0.4, 0.5) is 0 Å². The molecule has 0 saturated carbocycles. The van der Waals surface area contributed by atoms with E-state index in [9.17, 15) is 0 Å². The molecule has 0 unspecified atom stereocenters. The Bertz CT molecular complexity index is 803. The van der Waals surface area contributed by atoms with Crippen LogP contribution in [0, 0.1) is 11.8 Å². The fourth-order valence-corrected chi connectivity index (χ4v) is 3.84. The number of ether oxygens (including phenoxy) is 5. The van der Waals surface area contributed by atoms with Crippen LogP contribution < -0.4 is 18.9 Å². The molecule has 2 aromatic rings. The molecule has 0 amide bonds. The molecule has 2 heterocycles. The Hall–Kier alpha value is -2.40. The van der Waals surface area contributed by atoms with Crippen molar-refractivity contribution in [3.8, 4) is 23.0 Å². The highest BCUT2D eigenvalue weighted by molar-refractivity contribution is 5.46. The molecule has 26 heavy (non-hydrogen) atoms. The van der Waals surface area contributed by atoms with Crippen LogP contribution in [0.1, 0.15) is 37.2 Å². The minimum atomic E-state index is 0.000212. The highest BCUT2D eigenvalue weighted by atomic mass is 16.7. The predicted octanol–water partition coefficient (Wildman–Crippen LogP) is 4.52. The van der Waals surface area contributed by atoms with E-state index in [-0.39, 0.29) is 19.0 Å². The van der Waals surface area contributed by atoms with Crippen molar-refractivity contribution in [2.24, 2.45) is 11.8 Å². The Morgan fingerprint density at radius 2 is 1.38 bits per heavy atom. The molecule has 0 N–H and O–H groups in total. The summed E-state index contributed by atoms with van der Waals surface area (Å²) >= 11 is 0. The van der Waals surface area contributed by atoms with E-state index >= 15 is 0 Å². The Balaban J connectivity index is 1.62. The molecule has 0 bridgehead atoms. The van der Waals surface area contributed by atoms with Gasteiger partial charge in [-0.15, -0.1) is 0 Å². The Morgan fingerprint density at radius 1 is 0.769 bits per heavy atom. The normalized spacial score (nSPS) is 26.8. The van der Waals surface area contributed by atoms with Gasteiger partial charge >= 0.3 is 0 Å². The zero-order valence-corrected chi connectivity index (χ0v) is 15.5. The zero-order valence-electron chi connectivity index (χ0n) is 15.5. The van der Waals surface area contributed by atoms with Crippen LogP contribution in [0.3, 0.4) is 0 Å². The van der Waals surface area contributed by atoms with Gasteiger partial charge < -0.3 is 23.7 Å². The topological polar surface area (TPSA) is 46.2 Å². The SMILES string of the molecule is COc1ccc([C@@H]2O[C@@H](c3ccc4c(c3)OCO4)[C@H](C)[C@@H]2C)cc1OC. The first-order valence-corrected chi connectivity index (χ1v) is 8.89. The smallest absolute Gasteiger partial charge is 0.231 e. The third-order valence-electron chi connectivity index (χ3n) is 5.54. The molecule has 2 aromatic carbocycles. The Labute approximate surface area is 153 Å². The van der Waals surface area contributed by atoms with Crippen molar-refractivity contribution in [1.82, 2.24) is 0 Å². The monoisotopic (exact) mass is 356 g/mol. The summed E-state index contributed by atoms with van der Waals surface area (Å²) in [5.41, 5.74) is 2.22. The highest BCUT2D eigenvalue weighted by Crippen LogP contribution is 2.50. The molecule has 0 radical (unpaired) electrons. The number of methoxy groups -OCH3 is 2. The van der Waals surface area contributed by atoms with E-state index < -0.39 is 0 Å². The van der Waals surface area contributed by atoms with Gasteiger partial charge in [0.15, 0.2) is 23.0 Å². The summed E-state index contributed by atoms with van der Waals surface area (Å²) in [6.45, 7) is 4.75. The van der Waals surface area contributed by atoms with Crippen molar-refractivity contribution in [3.05, 3.63) is 47.5 Å². The summed E-state index contributed by atoms with van der Waals surface area (Å²) in [6, 6.07) is 12.1. The Morgan fingerprint density at radius 3 is 2.08 bits per heavy atom. The lowest BCUT2D eigenvalue weighted by Gasteiger charge is -2.18. The van der Waals surface area contributed by atoms with E-state index in [4.69, 9.17) is 23.7 Å². The van der Waals surface area contributed by atoms with E-state index in [2.05, 4.69) is 26.0 Å². The minimum Gasteiger partial charge on any atom is -0.493 e. The summed E-state index contributed by atoms with van der Waals surface area (Å²) in [5.74, 6) is 3.77. The summed E-state index contributed by atoms with van der Waals surface area (Å²) < 4.78 is 28.2. The van der Waals surface area contributed by atoms with E-state index in [0.29, 0.717) is 11.8 Å². The Kier molecular flexibility index (Phi) is 4.41. The molecule has 5 nitrogen and oxygen atoms in total. The van der Waals surface area contributed by atoms with Gasteiger partial charge in [0, 0.05) is 0 Å². The molecule has 0 aromatic heterocycles. The van der Waals surface area contributed by atoms with Gasteiger partial charge in [0.2, 0.25) is 6.79 Å². The molecule has 138 valence electrons. The standard InChI is InChI=1S/C21H24O5/c1-12-13(2)21(15-6-8-17-19(10-15)25-11-24-17)26-20(12)14-5-7-16(22-3)18(9-14)23-4/h5-10,12-13,20-21H,11H2,1-4H3/t12-,13+,20+,21+/m0/s1. The maximum Gasteiger partial charge on any atom is 0.231 e. The lowest BCUT2D eigenvalue weighted by molar-refractivity contribution is 0.0288. The van der Waals surface area contributed by atoms with Crippen molar-refractivity contribution >= 4 is 0 Å². The minimum absolute atomic E-state index is 0.000212. The van der Waals surface area contributed by atoms with Crippen LogP contribution in [0.5, 0.6) is 23.0 Å².